The summed E-state index contributed by atoms with van der Waals surface area (Å²) in [5.41, 5.74) is 3.34. The number of nitrogens with zero attached hydrogens (tertiary/aromatic N) is 4. The van der Waals surface area contributed by atoms with Crippen LogP contribution in [0.2, 0.25) is 0 Å². The number of H-pyrrole nitrogens is 1. The quantitative estimate of drug-likeness (QED) is 0.467. The molecule has 0 radical (unpaired) electrons. The van der Waals surface area contributed by atoms with Crippen LogP contribution in [-0.2, 0) is 11.2 Å². The van der Waals surface area contributed by atoms with E-state index in [1.54, 1.807) is 13.1 Å². The minimum Gasteiger partial charge on any atom is -0.315 e. The molecule has 0 saturated heterocycles. The van der Waals surface area contributed by atoms with Crippen molar-refractivity contribution in [1.82, 2.24) is 19.8 Å². The highest BCUT2D eigenvalue weighted by Crippen LogP contribution is 2.23. The Kier molecular flexibility index (Phi) is 5.85. The lowest BCUT2D eigenvalue weighted by Crippen LogP contribution is -2.28. The minimum absolute atomic E-state index is 0.0718. The highest BCUT2D eigenvalue weighted by Gasteiger charge is 2.16. The second-order valence-corrected chi connectivity index (χ2v) is 7.87. The van der Waals surface area contributed by atoms with Gasteiger partial charge in [0.05, 0.1) is 11.4 Å². The molecule has 2 heterocycles. The van der Waals surface area contributed by atoms with Gasteiger partial charge in [0.2, 0.25) is 11.1 Å². The predicted molar refractivity (Wildman–Crippen MR) is 119 cm³/mol. The molecule has 0 unspecified atom stereocenters. The summed E-state index contributed by atoms with van der Waals surface area (Å²) < 4.78 is 14.6. The van der Waals surface area contributed by atoms with Gasteiger partial charge in [-0.3, -0.25) is 9.59 Å². The van der Waals surface area contributed by atoms with Crippen molar-refractivity contribution in [1.29, 1.82) is 0 Å². The SMILES string of the molecule is CCc1ccc(-c2cc3c(=O)[nH]nc(SCC(=O)N(C)c4ccc(F)cc4)n3n2)cc1. The minimum atomic E-state index is -0.363. The molecule has 158 valence electrons. The van der Waals surface area contributed by atoms with Crippen LogP contribution < -0.4 is 10.5 Å². The maximum atomic E-state index is 13.1. The van der Waals surface area contributed by atoms with E-state index in [9.17, 15) is 14.0 Å². The molecule has 0 fully saturated rings. The van der Waals surface area contributed by atoms with E-state index in [1.165, 1.54) is 39.2 Å². The van der Waals surface area contributed by atoms with Gasteiger partial charge >= 0.3 is 0 Å². The zero-order valence-corrected chi connectivity index (χ0v) is 17.8. The fourth-order valence-corrected chi connectivity index (χ4v) is 3.89. The van der Waals surface area contributed by atoms with Gasteiger partial charge in [-0.05, 0) is 42.3 Å². The van der Waals surface area contributed by atoms with Crippen LogP contribution in [0.25, 0.3) is 16.8 Å². The van der Waals surface area contributed by atoms with Crippen LogP contribution in [0.4, 0.5) is 10.1 Å². The third kappa shape index (κ3) is 4.36. The van der Waals surface area contributed by atoms with E-state index >= 15 is 0 Å². The largest absolute Gasteiger partial charge is 0.315 e. The van der Waals surface area contributed by atoms with Crippen molar-refractivity contribution in [3.63, 3.8) is 0 Å². The standard InChI is InChI=1S/C22H20FN5O2S/c1-3-14-4-6-15(7-5-14)18-12-19-21(30)24-25-22(28(19)26-18)31-13-20(29)27(2)17-10-8-16(23)9-11-17/h4-12H,3,13H2,1-2H3,(H,24,30). The Labute approximate surface area is 181 Å². The number of hydrogen-bond acceptors (Lipinski definition) is 5. The van der Waals surface area contributed by atoms with Crippen molar-refractivity contribution in [2.24, 2.45) is 0 Å². The average molecular weight is 438 g/mol. The van der Waals surface area contributed by atoms with Gasteiger partial charge in [-0.2, -0.15) is 5.10 Å². The molecule has 31 heavy (non-hydrogen) atoms. The van der Waals surface area contributed by atoms with E-state index in [0.29, 0.717) is 22.1 Å². The number of nitrogens with one attached hydrogen (secondary N) is 1. The number of aromatic amines is 1. The molecule has 0 spiro atoms. The Hall–Kier alpha value is -3.46. The monoisotopic (exact) mass is 437 g/mol. The van der Waals surface area contributed by atoms with Gasteiger partial charge in [-0.25, -0.2) is 14.0 Å². The molecule has 0 aliphatic carbocycles. The normalized spacial score (nSPS) is 11.1. The van der Waals surface area contributed by atoms with Gasteiger partial charge in [-0.1, -0.05) is 43.0 Å². The van der Waals surface area contributed by atoms with Gasteiger partial charge in [0.1, 0.15) is 11.3 Å². The van der Waals surface area contributed by atoms with Crippen molar-refractivity contribution >= 4 is 28.9 Å². The first kappa shape index (κ1) is 20.8. The number of aryl methyl sites for hydroxylation is 1. The summed E-state index contributed by atoms with van der Waals surface area (Å²) in [6.07, 6.45) is 0.941. The Morgan fingerprint density at radius 3 is 2.55 bits per heavy atom. The molecule has 7 nitrogen and oxygen atoms in total. The number of halogens is 1. The number of hydrogen-bond donors (Lipinski definition) is 1. The lowest BCUT2D eigenvalue weighted by molar-refractivity contribution is -0.115. The van der Waals surface area contributed by atoms with Crippen LogP contribution in [0, 0.1) is 5.82 Å². The van der Waals surface area contributed by atoms with E-state index in [-0.39, 0.29) is 23.0 Å². The molecule has 0 bridgehead atoms. The molecule has 2 aromatic heterocycles. The number of aromatic nitrogens is 4. The Morgan fingerprint density at radius 1 is 1.16 bits per heavy atom. The smallest absolute Gasteiger partial charge is 0.290 e. The molecule has 4 rings (SSSR count). The zero-order chi connectivity index (χ0) is 22.0. The fraction of sp³-hybridized carbons (Fsp3) is 0.182. The number of thioether (sulfide) groups is 1. The molecule has 1 N–H and O–H groups in total. The van der Waals surface area contributed by atoms with E-state index < -0.39 is 0 Å². The molecule has 1 amide bonds. The highest BCUT2D eigenvalue weighted by atomic mass is 32.2. The molecule has 0 aliphatic heterocycles. The van der Waals surface area contributed by atoms with Gasteiger partial charge in [0.15, 0.2) is 0 Å². The number of benzene rings is 2. The number of carbonyl (C=O) groups is 1. The summed E-state index contributed by atoms with van der Waals surface area (Å²) >= 11 is 1.16. The highest BCUT2D eigenvalue weighted by molar-refractivity contribution is 7.99. The number of rotatable bonds is 6. The average Bonchev–Trinajstić information content (AvgIpc) is 3.25. The predicted octanol–water partition coefficient (Wildman–Crippen LogP) is 3.54. The van der Waals surface area contributed by atoms with Gasteiger partial charge in [-0.15, -0.1) is 5.10 Å². The summed E-state index contributed by atoms with van der Waals surface area (Å²) in [4.78, 5) is 26.3. The lowest BCUT2D eigenvalue weighted by atomic mass is 10.1. The topological polar surface area (TPSA) is 83.4 Å². The van der Waals surface area contributed by atoms with Crippen molar-refractivity contribution in [2.75, 3.05) is 17.7 Å². The first-order valence-electron chi connectivity index (χ1n) is 9.69. The van der Waals surface area contributed by atoms with Crippen molar-refractivity contribution < 1.29 is 9.18 Å². The fourth-order valence-electron chi connectivity index (χ4n) is 3.07. The molecular formula is C22H20FN5O2S. The summed E-state index contributed by atoms with van der Waals surface area (Å²) in [6.45, 7) is 2.09. The van der Waals surface area contributed by atoms with Gasteiger partial charge in [0, 0.05) is 18.3 Å². The molecule has 9 heteroatoms. The van der Waals surface area contributed by atoms with E-state index in [0.717, 1.165) is 23.7 Å². The lowest BCUT2D eigenvalue weighted by Gasteiger charge is -2.16. The zero-order valence-electron chi connectivity index (χ0n) is 17.0. The second kappa shape index (κ2) is 8.73. The van der Waals surface area contributed by atoms with Crippen LogP contribution >= 0.6 is 11.8 Å². The molecule has 2 aromatic carbocycles. The van der Waals surface area contributed by atoms with Crippen LogP contribution in [-0.4, -0.2) is 38.5 Å². The van der Waals surface area contributed by atoms with Crippen LogP contribution in [0.3, 0.4) is 0 Å². The molecule has 0 aliphatic rings. The van der Waals surface area contributed by atoms with Gasteiger partial charge in [0.25, 0.3) is 5.56 Å². The van der Waals surface area contributed by atoms with Crippen LogP contribution in [0.15, 0.2) is 64.5 Å². The number of amides is 1. The summed E-state index contributed by atoms with van der Waals surface area (Å²) in [7, 11) is 1.62. The van der Waals surface area contributed by atoms with E-state index in [1.807, 2.05) is 24.3 Å². The number of anilines is 1. The Bertz CT molecular complexity index is 1280. The maximum Gasteiger partial charge on any atom is 0.290 e. The summed E-state index contributed by atoms with van der Waals surface area (Å²) in [6, 6.07) is 15.4. The van der Waals surface area contributed by atoms with E-state index in [4.69, 9.17) is 0 Å². The van der Waals surface area contributed by atoms with Crippen LogP contribution in [0.5, 0.6) is 0 Å². The maximum absolute atomic E-state index is 13.1. The summed E-state index contributed by atoms with van der Waals surface area (Å²) in [5.74, 6) is -0.486. The first-order valence-corrected chi connectivity index (χ1v) is 10.7. The third-order valence-electron chi connectivity index (χ3n) is 4.95. The molecule has 0 saturated carbocycles. The molecule has 4 aromatic rings. The Balaban J connectivity index is 1.56. The van der Waals surface area contributed by atoms with Crippen molar-refractivity contribution in [2.45, 2.75) is 18.5 Å². The van der Waals surface area contributed by atoms with Crippen molar-refractivity contribution in [3.05, 3.63) is 76.3 Å². The van der Waals surface area contributed by atoms with E-state index in [2.05, 4.69) is 22.2 Å². The Morgan fingerprint density at radius 2 is 1.87 bits per heavy atom. The third-order valence-corrected chi connectivity index (χ3v) is 5.86. The molecule has 0 atom stereocenters. The molecular weight excluding hydrogens is 417 g/mol. The van der Waals surface area contributed by atoms with Gasteiger partial charge < -0.3 is 4.90 Å². The van der Waals surface area contributed by atoms with Crippen LogP contribution in [0.1, 0.15) is 12.5 Å². The van der Waals surface area contributed by atoms with Crippen molar-refractivity contribution in [3.8, 4) is 11.3 Å². The number of fused-ring (bicyclic) bond motifs is 1. The summed E-state index contributed by atoms with van der Waals surface area (Å²) in [5, 5.41) is 11.5. The number of carbonyl (C=O) groups excluding carboxylic acids is 1. The second-order valence-electron chi connectivity index (χ2n) is 6.93. The first-order chi connectivity index (χ1) is 15.0.